The quantitative estimate of drug-likeness (QED) is 0.549. The number of hydrazone groups is 1. The molecular weight excluding hydrogens is 386 g/mol. The van der Waals surface area contributed by atoms with E-state index in [4.69, 9.17) is 4.74 Å². The Morgan fingerprint density at radius 3 is 2.64 bits per heavy atom. The number of halogens is 1. The predicted molar refractivity (Wildman–Crippen MR) is 101 cm³/mol. The van der Waals surface area contributed by atoms with Gasteiger partial charge in [-0.2, -0.15) is 5.10 Å². The van der Waals surface area contributed by atoms with Gasteiger partial charge in [-0.1, -0.05) is 34.1 Å². The van der Waals surface area contributed by atoms with Crippen LogP contribution < -0.4 is 15.5 Å². The summed E-state index contributed by atoms with van der Waals surface area (Å²) in [4.78, 5) is 23.6. The highest BCUT2D eigenvalue weighted by molar-refractivity contribution is 9.10. The number of hydrogen-bond acceptors (Lipinski definition) is 4. The van der Waals surface area contributed by atoms with Crippen LogP contribution in [-0.2, 0) is 9.59 Å². The number of methoxy groups -OCH3 is 1. The van der Waals surface area contributed by atoms with E-state index in [1.165, 1.54) is 6.21 Å². The van der Waals surface area contributed by atoms with Crippen LogP contribution >= 0.6 is 15.9 Å². The summed E-state index contributed by atoms with van der Waals surface area (Å²) in [5.74, 6) is 0.0893. The van der Waals surface area contributed by atoms with Crippen molar-refractivity contribution in [2.45, 2.75) is 12.8 Å². The lowest BCUT2D eigenvalue weighted by atomic mass is 10.2. The summed E-state index contributed by atoms with van der Waals surface area (Å²) < 4.78 is 6.06. The van der Waals surface area contributed by atoms with Crippen LogP contribution in [0, 0.1) is 0 Å². The average Bonchev–Trinajstić information content (AvgIpc) is 2.60. The van der Waals surface area contributed by atoms with Crippen molar-refractivity contribution in [3.8, 4) is 5.75 Å². The maximum atomic E-state index is 11.8. The van der Waals surface area contributed by atoms with E-state index in [1.54, 1.807) is 25.3 Å². The van der Waals surface area contributed by atoms with Gasteiger partial charge in [0.25, 0.3) is 0 Å². The standard InChI is InChI=1S/C18H18BrN3O3/c1-25-16-8-3-2-5-13(16)12-20-22-18(24)10-9-17(23)21-15-7-4-6-14(19)11-15/h2-8,11-12H,9-10H2,1H3,(H,21,23)(H,22,24). The molecule has 2 rings (SSSR count). The minimum absolute atomic E-state index is 0.0447. The fourth-order valence-electron chi connectivity index (χ4n) is 2.02. The Morgan fingerprint density at radius 2 is 1.88 bits per heavy atom. The summed E-state index contributed by atoms with van der Waals surface area (Å²) in [6, 6.07) is 14.6. The number of ether oxygens (including phenoxy) is 1. The summed E-state index contributed by atoms with van der Waals surface area (Å²) in [6.07, 6.45) is 1.62. The molecule has 0 atom stereocenters. The van der Waals surface area contributed by atoms with Gasteiger partial charge < -0.3 is 10.1 Å². The molecule has 0 heterocycles. The third kappa shape index (κ3) is 6.39. The molecule has 0 aliphatic rings. The molecule has 0 spiro atoms. The first kappa shape index (κ1) is 18.7. The second kappa shape index (κ2) is 9.58. The van der Waals surface area contributed by atoms with Crippen molar-refractivity contribution in [3.05, 3.63) is 58.6 Å². The number of para-hydroxylation sites is 1. The molecule has 25 heavy (non-hydrogen) atoms. The van der Waals surface area contributed by atoms with E-state index in [0.29, 0.717) is 11.4 Å². The van der Waals surface area contributed by atoms with E-state index in [-0.39, 0.29) is 24.7 Å². The van der Waals surface area contributed by atoms with Crippen molar-refractivity contribution in [1.29, 1.82) is 0 Å². The number of carbonyl (C=O) groups excluding carboxylic acids is 2. The SMILES string of the molecule is COc1ccccc1C=NNC(=O)CCC(=O)Nc1cccc(Br)c1. The Hall–Kier alpha value is -2.67. The van der Waals surface area contributed by atoms with Crippen LogP contribution in [0.15, 0.2) is 58.1 Å². The fraction of sp³-hybridized carbons (Fsp3) is 0.167. The molecule has 0 fully saturated rings. The third-order valence-corrected chi connectivity index (χ3v) is 3.71. The van der Waals surface area contributed by atoms with Gasteiger partial charge in [0.2, 0.25) is 11.8 Å². The van der Waals surface area contributed by atoms with Crippen LogP contribution in [0.4, 0.5) is 5.69 Å². The molecular formula is C18H18BrN3O3. The largest absolute Gasteiger partial charge is 0.496 e. The van der Waals surface area contributed by atoms with Gasteiger partial charge in [-0.15, -0.1) is 0 Å². The maximum absolute atomic E-state index is 11.8. The molecule has 0 unspecified atom stereocenters. The third-order valence-electron chi connectivity index (χ3n) is 3.22. The first-order valence-corrected chi connectivity index (χ1v) is 8.38. The molecule has 0 radical (unpaired) electrons. The van der Waals surface area contributed by atoms with E-state index in [0.717, 1.165) is 10.0 Å². The van der Waals surface area contributed by atoms with Crippen LogP contribution in [0.25, 0.3) is 0 Å². The van der Waals surface area contributed by atoms with Crippen LogP contribution in [-0.4, -0.2) is 25.1 Å². The van der Waals surface area contributed by atoms with Gasteiger partial charge in [0, 0.05) is 28.6 Å². The Labute approximate surface area is 154 Å². The van der Waals surface area contributed by atoms with Crippen molar-refractivity contribution >= 4 is 39.6 Å². The normalized spacial score (nSPS) is 10.5. The summed E-state index contributed by atoms with van der Waals surface area (Å²) in [7, 11) is 1.56. The second-order valence-electron chi connectivity index (χ2n) is 5.09. The van der Waals surface area contributed by atoms with Crippen LogP contribution in [0.2, 0.25) is 0 Å². The number of carbonyl (C=O) groups is 2. The molecule has 0 saturated carbocycles. The van der Waals surface area contributed by atoms with Crippen molar-refractivity contribution in [1.82, 2.24) is 5.43 Å². The minimum Gasteiger partial charge on any atom is -0.496 e. The van der Waals surface area contributed by atoms with Gasteiger partial charge in [-0.3, -0.25) is 9.59 Å². The van der Waals surface area contributed by atoms with E-state index < -0.39 is 0 Å². The van der Waals surface area contributed by atoms with Gasteiger partial charge in [0.15, 0.2) is 0 Å². The Morgan fingerprint density at radius 1 is 1.12 bits per heavy atom. The number of hydrogen-bond donors (Lipinski definition) is 2. The van der Waals surface area contributed by atoms with Crippen LogP contribution in [0.5, 0.6) is 5.75 Å². The summed E-state index contributed by atoms with van der Waals surface area (Å²) in [5.41, 5.74) is 3.82. The zero-order chi connectivity index (χ0) is 18.1. The summed E-state index contributed by atoms with van der Waals surface area (Å²) >= 11 is 3.33. The molecule has 2 aromatic rings. The first-order valence-electron chi connectivity index (χ1n) is 7.59. The average molecular weight is 404 g/mol. The van der Waals surface area contributed by atoms with Gasteiger partial charge in [-0.25, -0.2) is 5.43 Å². The van der Waals surface area contributed by atoms with Crippen molar-refractivity contribution in [2.24, 2.45) is 5.10 Å². The number of rotatable bonds is 7. The van der Waals surface area contributed by atoms with Crippen LogP contribution in [0.3, 0.4) is 0 Å². The van der Waals surface area contributed by atoms with Gasteiger partial charge in [0.1, 0.15) is 5.75 Å². The Bertz CT molecular complexity index is 778. The van der Waals surface area contributed by atoms with Crippen molar-refractivity contribution in [3.63, 3.8) is 0 Å². The smallest absolute Gasteiger partial charge is 0.240 e. The van der Waals surface area contributed by atoms with Crippen molar-refractivity contribution in [2.75, 3.05) is 12.4 Å². The lowest BCUT2D eigenvalue weighted by Crippen LogP contribution is -2.20. The number of anilines is 1. The van der Waals surface area contributed by atoms with Crippen LogP contribution in [0.1, 0.15) is 18.4 Å². The molecule has 0 bridgehead atoms. The topological polar surface area (TPSA) is 79.8 Å². The molecule has 0 aliphatic carbocycles. The highest BCUT2D eigenvalue weighted by atomic mass is 79.9. The minimum atomic E-state index is -0.337. The number of nitrogens with one attached hydrogen (secondary N) is 2. The molecule has 0 aliphatic heterocycles. The molecule has 6 nitrogen and oxygen atoms in total. The van der Waals surface area contributed by atoms with Gasteiger partial charge in [0.05, 0.1) is 13.3 Å². The zero-order valence-corrected chi connectivity index (χ0v) is 15.2. The van der Waals surface area contributed by atoms with E-state index in [9.17, 15) is 9.59 Å². The summed E-state index contributed by atoms with van der Waals surface area (Å²) in [6.45, 7) is 0. The molecule has 0 saturated heterocycles. The van der Waals surface area contributed by atoms with E-state index in [2.05, 4.69) is 31.8 Å². The molecule has 130 valence electrons. The first-order chi connectivity index (χ1) is 12.1. The number of amides is 2. The predicted octanol–water partition coefficient (Wildman–Crippen LogP) is 3.33. The highest BCUT2D eigenvalue weighted by Crippen LogP contribution is 2.16. The highest BCUT2D eigenvalue weighted by Gasteiger charge is 2.07. The number of benzene rings is 2. The fourth-order valence-corrected chi connectivity index (χ4v) is 2.42. The molecule has 2 amide bonds. The van der Waals surface area contributed by atoms with Gasteiger partial charge in [-0.05, 0) is 30.3 Å². The second-order valence-corrected chi connectivity index (χ2v) is 6.01. The lowest BCUT2D eigenvalue weighted by Gasteiger charge is -2.05. The molecule has 2 aromatic carbocycles. The van der Waals surface area contributed by atoms with Gasteiger partial charge >= 0.3 is 0 Å². The summed E-state index contributed by atoms with van der Waals surface area (Å²) in [5, 5.41) is 6.61. The lowest BCUT2D eigenvalue weighted by molar-refractivity contribution is -0.124. The Balaban J connectivity index is 1.76. The Kier molecular flexibility index (Phi) is 7.16. The zero-order valence-electron chi connectivity index (χ0n) is 13.7. The molecule has 0 aromatic heterocycles. The molecule has 2 N–H and O–H groups in total. The van der Waals surface area contributed by atoms with E-state index >= 15 is 0 Å². The van der Waals surface area contributed by atoms with E-state index in [1.807, 2.05) is 30.3 Å². The monoisotopic (exact) mass is 403 g/mol. The van der Waals surface area contributed by atoms with Crippen molar-refractivity contribution < 1.29 is 14.3 Å². The maximum Gasteiger partial charge on any atom is 0.240 e. The number of nitrogens with zero attached hydrogens (tertiary/aromatic N) is 1. The molecule has 7 heteroatoms.